The molecule has 0 unspecified atom stereocenters. The van der Waals surface area contributed by atoms with E-state index < -0.39 is 0 Å². The first-order valence-corrected chi connectivity index (χ1v) is 10.3. The second-order valence-electron chi connectivity index (χ2n) is 7.03. The average Bonchev–Trinajstić information content (AvgIpc) is 3.10. The van der Waals surface area contributed by atoms with Crippen LogP contribution in [0.25, 0.3) is 0 Å². The second kappa shape index (κ2) is 7.68. The Bertz CT molecular complexity index is 628. The summed E-state index contributed by atoms with van der Waals surface area (Å²) in [6.07, 6.45) is 4.99. The number of rotatable bonds is 3. The van der Waals surface area contributed by atoms with Crippen LogP contribution < -0.4 is 10.2 Å². The predicted molar refractivity (Wildman–Crippen MR) is 104 cm³/mol. The largest absolute Gasteiger partial charge is 0.368 e. The zero-order chi connectivity index (χ0) is 17.1. The van der Waals surface area contributed by atoms with Gasteiger partial charge >= 0.3 is 0 Å². The monoisotopic (exact) mass is 358 g/mol. The van der Waals surface area contributed by atoms with E-state index in [1.165, 1.54) is 31.4 Å². The van der Waals surface area contributed by atoms with Crippen molar-refractivity contribution in [1.29, 1.82) is 0 Å². The number of nitrogens with zero attached hydrogens (tertiary/aromatic N) is 3. The van der Waals surface area contributed by atoms with Gasteiger partial charge in [0.1, 0.15) is 0 Å². The molecule has 134 valence electrons. The molecule has 2 heterocycles. The molecule has 2 fully saturated rings. The van der Waals surface area contributed by atoms with Crippen molar-refractivity contribution in [2.24, 2.45) is 4.99 Å². The molecule has 0 radical (unpaired) electrons. The number of anilines is 1. The van der Waals surface area contributed by atoms with Crippen molar-refractivity contribution >= 4 is 28.5 Å². The average molecular weight is 359 g/mol. The Kier molecular flexibility index (Phi) is 5.15. The van der Waals surface area contributed by atoms with Crippen molar-refractivity contribution in [3.8, 4) is 0 Å². The summed E-state index contributed by atoms with van der Waals surface area (Å²) in [7, 11) is 0. The van der Waals surface area contributed by atoms with Crippen LogP contribution in [0.3, 0.4) is 0 Å². The number of para-hydroxylation sites is 1. The molecule has 5 nitrogen and oxygen atoms in total. The van der Waals surface area contributed by atoms with Gasteiger partial charge < -0.3 is 15.1 Å². The number of carbonyl (C=O) groups is 1. The number of piperazine rings is 1. The molecule has 0 spiro atoms. The summed E-state index contributed by atoms with van der Waals surface area (Å²) in [5, 5.41) is 4.49. The Morgan fingerprint density at radius 2 is 1.88 bits per heavy atom. The maximum absolute atomic E-state index is 12.5. The van der Waals surface area contributed by atoms with E-state index in [9.17, 15) is 4.79 Å². The second-order valence-corrected chi connectivity index (χ2v) is 7.99. The van der Waals surface area contributed by atoms with Crippen molar-refractivity contribution in [1.82, 2.24) is 10.2 Å². The zero-order valence-corrected chi connectivity index (χ0v) is 15.4. The van der Waals surface area contributed by atoms with Crippen LogP contribution in [0.15, 0.2) is 35.3 Å². The van der Waals surface area contributed by atoms with Gasteiger partial charge in [-0.05, 0) is 25.0 Å². The van der Waals surface area contributed by atoms with E-state index in [4.69, 9.17) is 4.99 Å². The van der Waals surface area contributed by atoms with E-state index >= 15 is 0 Å². The lowest BCUT2D eigenvalue weighted by molar-refractivity contribution is -0.128. The minimum atomic E-state index is 0.233. The molecular weight excluding hydrogens is 332 g/mol. The lowest BCUT2D eigenvalue weighted by Crippen LogP contribution is -2.49. The number of benzene rings is 1. The third kappa shape index (κ3) is 3.94. The Hall–Kier alpha value is -1.69. The molecule has 1 aromatic carbocycles. The van der Waals surface area contributed by atoms with Gasteiger partial charge in [0, 0.05) is 31.9 Å². The van der Waals surface area contributed by atoms with Gasteiger partial charge in [0.25, 0.3) is 0 Å². The smallest absolute Gasteiger partial charge is 0.233 e. The van der Waals surface area contributed by atoms with Gasteiger partial charge in [-0.1, -0.05) is 42.8 Å². The van der Waals surface area contributed by atoms with Crippen LogP contribution in [0.5, 0.6) is 0 Å². The molecule has 1 saturated carbocycles. The summed E-state index contributed by atoms with van der Waals surface area (Å²) in [5.74, 6) is 0.730. The van der Waals surface area contributed by atoms with E-state index in [2.05, 4.69) is 34.5 Å². The highest BCUT2D eigenvalue weighted by Crippen LogP contribution is 2.27. The highest BCUT2D eigenvalue weighted by Gasteiger charge is 2.31. The molecule has 1 N–H and O–H groups in total. The van der Waals surface area contributed by atoms with Gasteiger partial charge in [-0.25, -0.2) is 0 Å². The molecule has 25 heavy (non-hydrogen) atoms. The third-order valence-corrected chi connectivity index (χ3v) is 6.30. The van der Waals surface area contributed by atoms with Crippen LogP contribution in [-0.2, 0) is 4.79 Å². The Morgan fingerprint density at radius 3 is 2.64 bits per heavy atom. The fourth-order valence-electron chi connectivity index (χ4n) is 3.93. The Balaban J connectivity index is 1.23. The van der Waals surface area contributed by atoms with Gasteiger partial charge in [0.05, 0.1) is 17.8 Å². The number of fused-ring (bicyclic) bond motifs is 1. The molecule has 1 amide bonds. The summed E-state index contributed by atoms with van der Waals surface area (Å²) >= 11 is 1.58. The number of thioether (sulfide) groups is 1. The van der Waals surface area contributed by atoms with Crippen molar-refractivity contribution in [2.75, 3.05) is 36.8 Å². The fraction of sp³-hybridized carbons (Fsp3) is 0.579. The van der Waals surface area contributed by atoms with Crippen molar-refractivity contribution < 1.29 is 4.79 Å². The first-order valence-electron chi connectivity index (χ1n) is 9.34. The molecule has 1 aliphatic carbocycles. The quantitative estimate of drug-likeness (QED) is 0.901. The molecule has 1 aromatic rings. The maximum Gasteiger partial charge on any atom is 0.233 e. The molecule has 4 rings (SSSR count). The summed E-state index contributed by atoms with van der Waals surface area (Å²) in [6.45, 7) is 3.42. The predicted octanol–water partition coefficient (Wildman–Crippen LogP) is 2.34. The first kappa shape index (κ1) is 16.8. The van der Waals surface area contributed by atoms with Crippen LogP contribution in [0.1, 0.15) is 25.7 Å². The lowest BCUT2D eigenvalue weighted by Gasteiger charge is -2.36. The van der Waals surface area contributed by atoms with Crippen molar-refractivity contribution in [3.63, 3.8) is 0 Å². The molecule has 0 bridgehead atoms. The van der Waals surface area contributed by atoms with Crippen LogP contribution in [0.4, 0.5) is 5.69 Å². The number of amides is 1. The standard InChI is InChI=1S/C19H26N4OS/c24-18(14-25-19-20-16-8-4-5-9-17(16)21-19)23-12-10-22(11-13-23)15-6-2-1-3-7-15/h1-3,6-7,16-17H,4-5,8-14H2,(H,20,21)/t16-,17+. The first-order chi connectivity index (χ1) is 12.3. The van der Waals surface area contributed by atoms with E-state index in [1.807, 2.05) is 11.0 Å². The molecule has 1 saturated heterocycles. The number of amidine groups is 1. The number of hydrogen-bond acceptors (Lipinski definition) is 5. The van der Waals surface area contributed by atoms with Crippen LogP contribution in [0, 0.1) is 0 Å². The highest BCUT2D eigenvalue weighted by molar-refractivity contribution is 8.14. The molecular formula is C19H26N4OS. The topological polar surface area (TPSA) is 47.9 Å². The van der Waals surface area contributed by atoms with Crippen molar-refractivity contribution in [2.45, 2.75) is 37.8 Å². The number of carbonyl (C=O) groups excluding carboxylic acids is 1. The van der Waals surface area contributed by atoms with Crippen molar-refractivity contribution in [3.05, 3.63) is 30.3 Å². The van der Waals surface area contributed by atoms with E-state index in [-0.39, 0.29) is 5.91 Å². The molecule has 2 aliphatic heterocycles. The lowest BCUT2D eigenvalue weighted by atomic mass is 9.92. The minimum absolute atomic E-state index is 0.233. The Morgan fingerprint density at radius 1 is 1.12 bits per heavy atom. The molecule has 3 aliphatic rings. The summed E-state index contributed by atoms with van der Waals surface area (Å²) in [4.78, 5) is 21.6. The molecule has 0 aromatic heterocycles. The SMILES string of the molecule is O=C(CSC1=N[C@@H]2CCCC[C@@H]2N1)N1CCN(c2ccccc2)CC1. The summed E-state index contributed by atoms with van der Waals surface area (Å²) < 4.78 is 0. The van der Waals surface area contributed by atoms with Gasteiger partial charge in [-0.3, -0.25) is 9.79 Å². The summed E-state index contributed by atoms with van der Waals surface area (Å²) in [6, 6.07) is 11.4. The van der Waals surface area contributed by atoms with Crippen LogP contribution in [0.2, 0.25) is 0 Å². The zero-order valence-electron chi connectivity index (χ0n) is 14.6. The number of nitrogens with one attached hydrogen (secondary N) is 1. The van der Waals surface area contributed by atoms with Gasteiger partial charge in [-0.2, -0.15) is 0 Å². The van der Waals surface area contributed by atoms with Crippen LogP contribution in [-0.4, -0.2) is 60.0 Å². The maximum atomic E-state index is 12.5. The van der Waals surface area contributed by atoms with E-state index in [0.717, 1.165) is 31.3 Å². The van der Waals surface area contributed by atoms with Gasteiger partial charge in [-0.15, -0.1) is 0 Å². The van der Waals surface area contributed by atoms with E-state index in [0.29, 0.717) is 17.8 Å². The normalized spacial score (nSPS) is 26.0. The van der Waals surface area contributed by atoms with E-state index in [1.54, 1.807) is 11.8 Å². The number of aliphatic imine (C=N–C) groups is 1. The number of hydrogen-bond donors (Lipinski definition) is 1. The third-order valence-electron chi connectivity index (χ3n) is 5.41. The minimum Gasteiger partial charge on any atom is -0.368 e. The summed E-state index contributed by atoms with van der Waals surface area (Å²) in [5.41, 5.74) is 1.25. The van der Waals surface area contributed by atoms with Gasteiger partial charge in [0.2, 0.25) is 5.91 Å². The molecule has 2 atom stereocenters. The highest BCUT2D eigenvalue weighted by atomic mass is 32.2. The van der Waals surface area contributed by atoms with Crippen LogP contribution >= 0.6 is 11.8 Å². The molecule has 6 heteroatoms. The fourth-order valence-corrected chi connectivity index (χ4v) is 4.82. The van der Waals surface area contributed by atoms with Gasteiger partial charge in [0.15, 0.2) is 5.17 Å². The Labute approximate surface area is 153 Å².